The van der Waals surface area contributed by atoms with Crippen molar-refractivity contribution in [2.45, 2.75) is 20.0 Å². The van der Waals surface area contributed by atoms with Crippen molar-refractivity contribution in [3.8, 4) is 11.5 Å². The fourth-order valence-corrected chi connectivity index (χ4v) is 1.97. The molecular weight excluding hydrogens is 330 g/mol. The number of primary amides is 1. The molecule has 6 nitrogen and oxygen atoms in total. The number of benzene rings is 1. The zero-order valence-electron chi connectivity index (χ0n) is 11.4. The predicted molar refractivity (Wildman–Crippen MR) is 75.9 cm³/mol. The van der Waals surface area contributed by atoms with E-state index in [9.17, 15) is 9.59 Å². The van der Waals surface area contributed by atoms with Crippen molar-refractivity contribution in [1.82, 2.24) is 0 Å². The van der Waals surface area contributed by atoms with E-state index >= 15 is 0 Å². The first-order valence-corrected chi connectivity index (χ1v) is 6.70. The molecule has 0 fully saturated rings. The lowest BCUT2D eigenvalue weighted by Crippen LogP contribution is -2.30. The van der Waals surface area contributed by atoms with E-state index in [-0.39, 0.29) is 5.56 Å². The van der Waals surface area contributed by atoms with Gasteiger partial charge in [0.1, 0.15) is 0 Å². The summed E-state index contributed by atoms with van der Waals surface area (Å²) >= 11 is 3.30. The van der Waals surface area contributed by atoms with Gasteiger partial charge in [0.15, 0.2) is 17.6 Å². The molecule has 0 aliphatic heterocycles. The summed E-state index contributed by atoms with van der Waals surface area (Å²) < 4.78 is 16.1. The summed E-state index contributed by atoms with van der Waals surface area (Å²) in [4.78, 5) is 22.8. The Morgan fingerprint density at radius 3 is 2.55 bits per heavy atom. The van der Waals surface area contributed by atoms with Gasteiger partial charge in [0.25, 0.3) is 5.91 Å². The number of halogens is 1. The van der Waals surface area contributed by atoms with Crippen LogP contribution in [-0.4, -0.2) is 31.7 Å². The summed E-state index contributed by atoms with van der Waals surface area (Å²) in [5.74, 6) is -0.497. The molecule has 7 heteroatoms. The van der Waals surface area contributed by atoms with Crippen molar-refractivity contribution >= 4 is 27.8 Å². The second-order valence-electron chi connectivity index (χ2n) is 3.87. The normalized spacial score (nSPS) is 11.6. The van der Waals surface area contributed by atoms with E-state index in [2.05, 4.69) is 15.9 Å². The molecular formula is C13H16BrNO5. The molecule has 1 amide bonds. The average molecular weight is 346 g/mol. The molecule has 110 valence electrons. The lowest BCUT2D eigenvalue weighted by atomic mass is 10.2. The van der Waals surface area contributed by atoms with Crippen LogP contribution in [0.2, 0.25) is 0 Å². The van der Waals surface area contributed by atoms with Crippen LogP contribution in [-0.2, 0) is 9.53 Å². The summed E-state index contributed by atoms with van der Waals surface area (Å²) in [5, 5.41) is 0. The van der Waals surface area contributed by atoms with Gasteiger partial charge in [-0.2, -0.15) is 0 Å². The van der Waals surface area contributed by atoms with E-state index in [4.69, 9.17) is 19.9 Å². The maximum atomic E-state index is 11.9. The van der Waals surface area contributed by atoms with Gasteiger partial charge in [0.2, 0.25) is 0 Å². The second-order valence-corrected chi connectivity index (χ2v) is 4.73. The van der Waals surface area contributed by atoms with Gasteiger partial charge in [-0.25, -0.2) is 4.79 Å². The molecule has 0 saturated carbocycles. The molecule has 0 aliphatic carbocycles. The highest BCUT2D eigenvalue weighted by atomic mass is 79.9. The number of amides is 1. The van der Waals surface area contributed by atoms with Crippen molar-refractivity contribution in [2.75, 3.05) is 13.7 Å². The quantitative estimate of drug-likeness (QED) is 0.795. The van der Waals surface area contributed by atoms with Crippen LogP contribution in [0.3, 0.4) is 0 Å². The van der Waals surface area contributed by atoms with Gasteiger partial charge in [0.05, 0.1) is 23.8 Å². The molecule has 1 atom stereocenters. The summed E-state index contributed by atoms with van der Waals surface area (Å²) in [7, 11) is 1.46. The molecule has 2 N–H and O–H groups in total. The first-order chi connectivity index (χ1) is 9.40. The topological polar surface area (TPSA) is 87.9 Å². The highest BCUT2D eigenvalue weighted by Gasteiger charge is 2.20. The van der Waals surface area contributed by atoms with E-state index in [0.717, 1.165) is 0 Å². The zero-order valence-corrected chi connectivity index (χ0v) is 13.0. The Hall–Kier alpha value is -1.76. The van der Waals surface area contributed by atoms with E-state index in [0.29, 0.717) is 22.6 Å². The first kappa shape index (κ1) is 16.3. The zero-order chi connectivity index (χ0) is 15.3. The Kier molecular flexibility index (Phi) is 5.82. The minimum atomic E-state index is -1.00. The average Bonchev–Trinajstić information content (AvgIpc) is 2.40. The minimum Gasteiger partial charge on any atom is -0.493 e. The van der Waals surface area contributed by atoms with Gasteiger partial charge in [-0.15, -0.1) is 0 Å². The van der Waals surface area contributed by atoms with Crippen molar-refractivity contribution in [1.29, 1.82) is 0 Å². The summed E-state index contributed by atoms with van der Waals surface area (Å²) in [6.45, 7) is 3.70. The number of ether oxygens (including phenoxy) is 3. The van der Waals surface area contributed by atoms with Crippen molar-refractivity contribution < 1.29 is 23.8 Å². The van der Waals surface area contributed by atoms with Crippen molar-refractivity contribution in [3.63, 3.8) is 0 Å². The van der Waals surface area contributed by atoms with Crippen LogP contribution >= 0.6 is 15.9 Å². The van der Waals surface area contributed by atoms with Gasteiger partial charge < -0.3 is 19.9 Å². The summed E-state index contributed by atoms with van der Waals surface area (Å²) in [6, 6.07) is 3.01. The number of carbonyl (C=O) groups is 2. The summed E-state index contributed by atoms with van der Waals surface area (Å²) in [6.07, 6.45) is -1.00. The fraction of sp³-hybridized carbons (Fsp3) is 0.385. The Morgan fingerprint density at radius 1 is 1.40 bits per heavy atom. The SMILES string of the molecule is CCOc1c(Br)cc(C(=O)O[C@H](C)C(N)=O)cc1OC. The van der Waals surface area contributed by atoms with Crippen LogP contribution in [0.1, 0.15) is 24.2 Å². The largest absolute Gasteiger partial charge is 0.493 e. The first-order valence-electron chi connectivity index (χ1n) is 5.91. The standard InChI is InChI=1S/C13H16BrNO5/c1-4-19-11-9(14)5-8(6-10(11)18-3)13(17)20-7(2)12(15)16/h5-7H,4H2,1-3H3,(H2,15,16)/t7-/m1/s1. The Morgan fingerprint density at radius 2 is 2.05 bits per heavy atom. The van der Waals surface area contributed by atoms with Gasteiger partial charge >= 0.3 is 5.97 Å². The Labute approximate surface area is 125 Å². The lowest BCUT2D eigenvalue weighted by Gasteiger charge is -2.14. The summed E-state index contributed by atoms with van der Waals surface area (Å²) in [5.41, 5.74) is 5.27. The van der Waals surface area contributed by atoms with Gasteiger partial charge in [-0.3, -0.25) is 4.79 Å². The molecule has 0 heterocycles. The Bertz CT molecular complexity index is 518. The molecule has 0 saturated heterocycles. The number of hydrogen-bond donors (Lipinski definition) is 1. The maximum Gasteiger partial charge on any atom is 0.339 e. The van der Waals surface area contributed by atoms with Crippen molar-refractivity contribution in [2.24, 2.45) is 5.73 Å². The van der Waals surface area contributed by atoms with Crippen LogP contribution in [0, 0.1) is 0 Å². The highest BCUT2D eigenvalue weighted by Crippen LogP contribution is 2.36. The minimum absolute atomic E-state index is 0.227. The monoisotopic (exact) mass is 345 g/mol. The lowest BCUT2D eigenvalue weighted by molar-refractivity contribution is -0.125. The highest BCUT2D eigenvalue weighted by molar-refractivity contribution is 9.10. The predicted octanol–water partition coefficient (Wildman–Crippen LogP) is 1.89. The van der Waals surface area contributed by atoms with Crippen LogP contribution in [0.5, 0.6) is 11.5 Å². The van der Waals surface area contributed by atoms with Gasteiger partial charge in [-0.05, 0) is 41.9 Å². The number of esters is 1. The number of hydrogen-bond acceptors (Lipinski definition) is 5. The second kappa shape index (κ2) is 7.14. The smallest absolute Gasteiger partial charge is 0.339 e. The maximum absolute atomic E-state index is 11.9. The van der Waals surface area contributed by atoms with Crippen LogP contribution < -0.4 is 15.2 Å². The van der Waals surface area contributed by atoms with E-state index in [1.807, 2.05) is 6.92 Å². The third kappa shape index (κ3) is 3.86. The molecule has 1 aromatic rings. The van der Waals surface area contributed by atoms with Crippen LogP contribution in [0.25, 0.3) is 0 Å². The fourth-order valence-electron chi connectivity index (χ4n) is 1.41. The van der Waals surface area contributed by atoms with Crippen LogP contribution in [0.4, 0.5) is 0 Å². The van der Waals surface area contributed by atoms with Crippen molar-refractivity contribution in [3.05, 3.63) is 22.2 Å². The molecule has 0 unspecified atom stereocenters. The van der Waals surface area contributed by atoms with E-state index < -0.39 is 18.0 Å². The molecule has 0 aliphatic rings. The molecule has 0 aromatic heterocycles. The molecule has 0 spiro atoms. The van der Waals surface area contributed by atoms with Gasteiger partial charge in [-0.1, -0.05) is 0 Å². The Balaban J connectivity index is 3.05. The molecule has 1 rings (SSSR count). The van der Waals surface area contributed by atoms with E-state index in [1.54, 1.807) is 0 Å². The molecule has 20 heavy (non-hydrogen) atoms. The molecule has 0 radical (unpaired) electrons. The number of nitrogens with two attached hydrogens (primary N) is 1. The number of carbonyl (C=O) groups excluding carboxylic acids is 2. The molecule has 0 bridgehead atoms. The third-order valence-corrected chi connectivity index (χ3v) is 3.03. The van der Waals surface area contributed by atoms with Gasteiger partial charge in [0, 0.05) is 0 Å². The van der Waals surface area contributed by atoms with E-state index in [1.165, 1.54) is 26.2 Å². The molecule has 1 aromatic carbocycles. The number of rotatable bonds is 6. The van der Waals surface area contributed by atoms with Crippen LogP contribution in [0.15, 0.2) is 16.6 Å². The third-order valence-electron chi connectivity index (χ3n) is 2.44. The number of methoxy groups -OCH3 is 1.